The molecule has 2 aliphatic rings. The van der Waals surface area contributed by atoms with Crippen molar-refractivity contribution >= 4 is 44.9 Å². The number of benzene rings is 1. The van der Waals surface area contributed by atoms with Crippen molar-refractivity contribution in [3.8, 4) is 0 Å². The number of carbonyl (C=O) groups excluding carboxylic acids is 1. The lowest BCUT2D eigenvalue weighted by molar-refractivity contribution is -0.115. The highest BCUT2D eigenvalue weighted by Gasteiger charge is 2.20. The van der Waals surface area contributed by atoms with Crippen LogP contribution in [0.4, 0.5) is 5.69 Å². The van der Waals surface area contributed by atoms with Gasteiger partial charge in [-0.1, -0.05) is 12.1 Å². The lowest BCUT2D eigenvalue weighted by atomic mass is 9.90. The monoisotopic (exact) mass is 453 g/mol. The summed E-state index contributed by atoms with van der Waals surface area (Å²) < 4.78 is 0. The number of aromatic nitrogens is 2. The quantitative estimate of drug-likeness (QED) is 0.515. The molecule has 31 heavy (non-hydrogen) atoms. The summed E-state index contributed by atoms with van der Waals surface area (Å²) in [6.07, 6.45) is 9.46. The average Bonchev–Trinajstić information content (AvgIpc) is 3.16. The van der Waals surface area contributed by atoms with E-state index in [1.807, 2.05) is 12.1 Å². The molecule has 7 heteroatoms. The highest BCUT2D eigenvalue weighted by molar-refractivity contribution is 7.98. The van der Waals surface area contributed by atoms with Crippen molar-refractivity contribution in [2.24, 2.45) is 0 Å². The van der Waals surface area contributed by atoms with E-state index in [0.717, 1.165) is 48.0 Å². The van der Waals surface area contributed by atoms with Crippen LogP contribution < -0.4 is 10.9 Å². The van der Waals surface area contributed by atoms with Gasteiger partial charge in [-0.25, -0.2) is 4.98 Å². The summed E-state index contributed by atoms with van der Waals surface area (Å²) in [6, 6.07) is 6.23. The van der Waals surface area contributed by atoms with Gasteiger partial charge < -0.3 is 10.3 Å². The molecule has 1 aromatic carbocycles. The Kier molecular flexibility index (Phi) is 6.14. The average molecular weight is 454 g/mol. The summed E-state index contributed by atoms with van der Waals surface area (Å²) in [6.45, 7) is 0. The number of anilines is 1. The van der Waals surface area contributed by atoms with Crippen LogP contribution in [-0.4, -0.2) is 21.6 Å². The second-order valence-electron chi connectivity index (χ2n) is 8.40. The number of rotatable bonds is 6. The molecule has 0 aliphatic heterocycles. The number of aryl methyl sites for hydroxylation is 3. The van der Waals surface area contributed by atoms with E-state index in [-0.39, 0.29) is 11.5 Å². The summed E-state index contributed by atoms with van der Waals surface area (Å²) in [5.74, 6) is 2.07. The van der Waals surface area contributed by atoms with Crippen LogP contribution in [0.15, 0.2) is 23.0 Å². The molecule has 2 N–H and O–H groups in total. The molecule has 0 bridgehead atoms. The van der Waals surface area contributed by atoms with E-state index in [2.05, 4.69) is 16.4 Å². The van der Waals surface area contributed by atoms with Gasteiger partial charge in [0.1, 0.15) is 10.7 Å². The molecule has 2 aliphatic carbocycles. The summed E-state index contributed by atoms with van der Waals surface area (Å²) >= 11 is 3.32. The molecule has 2 heterocycles. The lowest BCUT2D eigenvalue weighted by Crippen LogP contribution is -2.16. The van der Waals surface area contributed by atoms with Crippen molar-refractivity contribution in [3.63, 3.8) is 0 Å². The predicted octanol–water partition coefficient (Wildman–Crippen LogP) is 5.00. The first-order valence-electron chi connectivity index (χ1n) is 11.2. The summed E-state index contributed by atoms with van der Waals surface area (Å²) in [4.78, 5) is 35.0. The number of nitrogens with zero attached hydrogens (tertiary/aromatic N) is 1. The zero-order chi connectivity index (χ0) is 21.2. The molecule has 0 unspecified atom stereocenters. The van der Waals surface area contributed by atoms with Gasteiger partial charge in [-0.15, -0.1) is 11.3 Å². The van der Waals surface area contributed by atoms with Crippen molar-refractivity contribution in [1.29, 1.82) is 0 Å². The summed E-state index contributed by atoms with van der Waals surface area (Å²) in [7, 11) is 0. The summed E-state index contributed by atoms with van der Waals surface area (Å²) in [5, 5.41) is 3.91. The molecule has 1 amide bonds. The van der Waals surface area contributed by atoms with Crippen molar-refractivity contribution in [1.82, 2.24) is 9.97 Å². The first-order chi connectivity index (χ1) is 15.2. The minimum absolute atomic E-state index is 0.00778. The fourth-order valence-corrected chi connectivity index (χ4v) is 6.81. The number of H-pyrrole nitrogens is 1. The fourth-order valence-electron chi connectivity index (χ4n) is 4.72. The molecule has 5 rings (SSSR count). The van der Waals surface area contributed by atoms with Crippen molar-refractivity contribution < 1.29 is 4.79 Å². The van der Waals surface area contributed by atoms with Gasteiger partial charge in [0, 0.05) is 22.7 Å². The number of amides is 1. The van der Waals surface area contributed by atoms with Crippen molar-refractivity contribution in [2.75, 3.05) is 11.1 Å². The van der Waals surface area contributed by atoms with Gasteiger partial charge in [0.05, 0.1) is 11.1 Å². The number of hydrogen-bond acceptors (Lipinski definition) is 5. The molecule has 0 atom stereocenters. The molecule has 0 saturated carbocycles. The predicted molar refractivity (Wildman–Crippen MR) is 129 cm³/mol. The minimum atomic E-state index is -0.00778. The highest BCUT2D eigenvalue weighted by Crippen LogP contribution is 2.33. The smallest absolute Gasteiger partial charge is 0.259 e. The van der Waals surface area contributed by atoms with E-state index in [4.69, 9.17) is 4.98 Å². The van der Waals surface area contributed by atoms with Crippen LogP contribution in [-0.2, 0) is 36.2 Å². The Labute approximate surface area is 190 Å². The van der Waals surface area contributed by atoms with E-state index in [1.54, 1.807) is 23.1 Å². The van der Waals surface area contributed by atoms with Gasteiger partial charge in [-0.3, -0.25) is 9.59 Å². The van der Waals surface area contributed by atoms with E-state index in [9.17, 15) is 9.59 Å². The van der Waals surface area contributed by atoms with Crippen LogP contribution in [0.2, 0.25) is 0 Å². The third kappa shape index (κ3) is 4.44. The SMILES string of the molecule is O=C(CCSCc1nc2sc3c(c2c(=O)[nH]1)CCCC3)Nc1cccc2c1CCCC2. The van der Waals surface area contributed by atoms with Crippen LogP contribution in [0.5, 0.6) is 0 Å². The number of nitrogens with one attached hydrogen (secondary N) is 2. The van der Waals surface area contributed by atoms with Crippen LogP contribution in [0.1, 0.15) is 59.5 Å². The third-order valence-corrected chi connectivity index (χ3v) is 8.41. The normalized spacial score (nSPS) is 15.5. The Morgan fingerprint density at radius 1 is 1.10 bits per heavy atom. The molecule has 0 fully saturated rings. The Morgan fingerprint density at radius 3 is 2.81 bits per heavy atom. The van der Waals surface area contributed by atoms with Crippen molar-refractivity contribution in [2.45, 2.75) is 63.5 Å². The fraction of sp³-hybridized carbons (Fsp3) is 0.458. The van der Waals surface area contributed by atoms with Crippen LogP contribution in [0.3, 0.4) is 0 Å². The maximum Gasteiger partial charge on any atom is 0.259 e. The van der Waals surface area contributed by atoms with E-state index in [0.29, 0.717) is 23.8 Å². The van der Waals surface area contributed by atoms with E-state index >= 15 is 0 Å². The van der Waals surface area contributed by atoms with Gasteiger partial charge in [0.15, 0.2) is 0 Å². The van der Waals surface area contributed by atoms with Gasteiger partial charge in [-0.05, 0) is 74.1 Å². The molecular formula is C24H27N3O2S2. The molecule has 5 nitrogen and oxygen atoms in total. The number of fused-ring (bicyclic) bond motifs is 4. The van der Waals surface area contributed by atoms with Crippen LogP contribution >= 0.6 is 23.1 Å². The van der Waals surface area contributed by atoms with Gasteiger partial charge in [-0.2, -0.15) is 11.8 Å². The molecule has 0 radical (unpaired) electrons. The Morgan fingerprint density at radius 2 is 1.90 bits per heavy atom. The third-order valence-electron chi connectivity index (χ3n) is 6.26. The zero-order valence-corrected chi connectivity index (χ0v) is 19.2. The van der Waals surface area contributed by atoms with Gasteiger partial charge in [0.2, 0.25) is 5.91 Å². The molecule has 0 spiro atoms. The largest absolute Gasteiger partial charge is 0.326 e. The molecular weight excluding hydrogens is 426 g/mol. The molecule has 3 aromatic rings. The van der Waals surface area contributed by atoms with Gasteiger partial charge >= 0.3 is 0 Å². The standard InChI is InChI=1S/C24H27N3O2S2/c28-21(25-18-10-5-7-15-6-1-2-8-16(15)18)12-13-30-14-20-26-23(29)22-17-9-3-4-11-19(17)31-24(22)27-20/h5,7,10H,1-4,6,8-9,11-14H2,(H,25,28)(H,26,27,29). The second kappa shape index (κ2) is 9.17. The Bertz CT molecular complexity index is 1180. The maximum absolute atomic E-state index is 12.6. The number of aromatic amines is 1. The molecule has 0 saturated heterocycles. The molecule has 2 aromatic heterocycles. The van der Waals surface area contributed by atoms with Gasteiger partial charge in [0.25, 0.3) is 5.56 Å². The Hall–Kier alpha value is -2.12. The molecule has 162 valence electrons. The van der Waals surface area contributed by atoms with Crippen LogP contribution in [0.25, 0.3) is 10.2 Å². The summed E-state index contributed by atoms with van der Waals surface area (Å²) in [5.41, 5.74) is 4.87. The first-order valence-corrected chi connectivity index (χ1v) is 13.2. The van der Waals surface area contributed by atoms with Crippen LogP contribution in [0, 0.1) is 0 Å². The maximum atomic E-state index is 12.6. The minimum Gasteiger partial charge on any atom is -0.326 e. The number of thiophene rings is 1. The number of hydrogen-bond donors (Lipinski definition) is 2. The Balaban J connectivity index is 1.17. The van der Waals surface area contributed by atoms with E-state index in [1.165, 1.54) is 40.8 Å². The highest BCUT2D eigenvalue weighted by atomic mass is 32.2. The topological polar surface area (TPSA) is 74.8 Å². The van der Waals surface area contributed by atoms with Crippen molar-refractivity contribution in [3.05, 3.63) is 55.9 Å². The lowest BCUT2D eigenvalue weighted by Gasteiger charge is -2.19. The first kappa shape index (κ1) is 20.8. The zero-order valence-electron chi connectivity index (χ0n) is 17.6. The number of carbonyl (C=O) groups is 1. The van der Waals surface area contributed by atoms with E-state index < -0.39 is 0 Å². The second-order valence-corrected chi connectivity index (χ2v) is 10.6. The number of thioether (sulfide) groups is 1.